The highest BCUT2D eigenvalue weighted by Gasteiger charge is 2.72. The molecule has 0 heterocycles. The van der Waals surface area contributed by atoms with Gasteiger partial charge in [-0.2, -0.15) is 26.3 Å². The maximum atomic E-state index is 13.2. The number of hydrogen-bond acceptors (Lipinski definition) is 1. The second-order valence-electron chi connectivity index (χ2n) is 10.9. The Morgan fingerprint density at radius 3 is 1.71 bits per heavy atom. The molecule has 7 heteroatoms. The molecule has 5 unspecified atom stereocenters. The summed E-state index contributed by atoms with van der Waals surface area (Å²) in [5, 5.41) is 9.71. The van der Waals surface area contributed by atoms with Crippen molar-refractivity contribution in [2.75, 3.05) is 0 Å². The first-order valence-electron chi connectivity index (χ1n) is 9.77. The van der Waals surface area contributed by atoms with Crippen LogP contribution in [-0.2, 0) is 0 Å². The number of alkyl halides is 6. The van der Waals surface area contributed by atoms with Gasteiger partial charge in [0, 0.05) is 0 Å². The van der Waals surface area contributed by atoms with Crippen LogP contribution < -0.4 is 0 Å². The molecule has 5 atom stereocenters. The Balaban J connectivity index is 2.41. The highest BCUT2D eigenvalue weighted by atomic mass is 19.4. The van der Waals surface area contributed by atoms with Crippen molar-refractivity contribution in [3.05, 3.63) is 12.2 Å². The molecule has 1 nitrogen and oxygen atoms in total. The topological polar surface area (TPSA) is 20.2 Å². The minimum absolute atomic E-state index is 0.0461. The van der Waals surface area contributed by atoms with Crippen LogP contribution in [-0.4, -0.2) is 23.1 Å². The van der Waals surface area contributed by atoms with Crippen LogP contribution in [0.5, 0.6) is 0 Å². The molecule has 2 aliphatic rings. The molecule has 0 radical (unpaired) electrons. The van der Waals surface area contributed by atoms with Crippen molar-refractivity contribution >= 4 is 0 Å². The molecule has 2 rings (SSSR count). The van der Waals surface area contributed by atoms with Gasteiger partial charge in [-0.15, -0.1) is 0 Å². The van der Waals surface area contributed by atoms with E-state index in [-0.39, 0.29) is 40.9 Å². The third-order valence-electron chi connectivity index (χ3n) is 7.00. The zero-order chi connectivity index (χ0) is 22.1. The summed E-state index contributed by atoms with van der Waals surface area (Å²) in [6.07, 6.45) is -12.0. The second-order valence-corrected chi connectivity index (χ2v) is 10.9. The molecule has 0 aromatic rings. The molecule has 2 saturated carbocycles. The summed E-state index contributed by atoms with van der Waals surface area (Å²) < 4.78 is 79.3. The Bertz CT molecular complexity index is 590. The predicted molar refractivity (Wildman–Crippen MR) is 96.4 cm³/mol. The summed E-state index contributed by atoms with van der Waals surface area (Å²) in [6, 6.07) is 0. The quantitative estimate of drug-likeness (QED) is 0.399. The molecule has 0 spiro atoms. The molecular weight excluding hydrogens is 382 g/mol. The molecule has 2 fully saturated rings. The van der Waals surface area contributed by atoms with Crippen molar-refractivity contribution in [1.29, 1.82) is 0 Å². The Labute approximate surface area is 163 Å². The smallest absolute Gasteiger partial charge is 0.374 e. The van der Waals surface area contributed by atoms with Crippen LogP contribution in [0.25, 0.3) is 0 Å². The fraction of sp³-hybridized carbons (Fsp3) is 0.905. The summed E-state index contributed by atoms with van der Waals surface area (Å²) in [4.78, 5) is 0. The number of hydrogen-bond donors (Lipinski definition) is 1. The maximum absolute atomic E-state index is 13.2. The van der Waals surface area contributed by atoms with Crippen molar-refractivity contribution < 1.29 is 31.4 Å². The Kier molecular flexibility index (Phi) is 5.59. The van der Waals surface area contributed by atoms with Gasteiger partial charge in [0.25, 0.3) is 5.60 Å². The average molecular weight is 414 g/mol. The van der Waals surface area contributed by atoms with Crippen molar-refractivity contribution in [1.82, 2.24) is 0 Å². The zero-order valence-corrected chi connectivity index (χ0v) is 17.4. The molecule has 164 valence electrons. The number of halogens is 6. The van der Waals surface area contributed by atoms with Crippen LogP contribution in [0, 0.1) is 40.4 Å². The summed E-state index contributed by atoms with van der Waals surface area (Å²) in [5.41, 5.74) is -4.21. The van der Waals surface area contributed by atoms with Crippen LogP contribution in [0.1, 0.15) is 60.8 Å². The fourth-order valence-electron chi connectivity index (χ4n) is 5.72. The van der Waals surface area contributed by atoms with E-state index in [1.54, 1.807) is 0 Å². The average Bonchev–Trinajstić information content (AvgIpc) is 2.99. The SMILES string of the molecule is C=C(C1C2CC(CC2CC(O)(C(F)(F)F)C(F)(F)F)C1C(C)(C)C)C(C)(C)C. The van der Waals surface area contributed by atoms with E-state index in [0.717, 1.165) is 5.57 Å². The van der Waals surface area contributed by atoms with Crippen molar-refractivity contribution in [3.63, 3.8) is 0 Å². The highest BCUT2D eigenvalue weighted by Crippen LogP contribution is 2.65. The van der Waals surface area contributed by atoms with Gasteiger partial charge in [-0.3, -0.25) is 0 Å². The third-order valence-corrected chi connectivity index (χ3v) is 7.00. The van der Waals surface area contributed by atoms with Crippen LogP contribution in [0.4, 0.5) is 26.3 Å². The Morgan fingerprint density at radius 1 is 0.893 bits per heavy atom. The van der Waals surface area contributed by atoms with Crippen LogP contribution in [0.3, 0.4) is 0 Å². The van der Waals surface area contributed by atoms with Gasteiger partial charge >= 0.3 is 12.4 Å². The van der Waals surface area contributed by atoms with E-state index in [2.05, 4.69) is 27.4 Å². The number of allylic oxidation sites excluding steroid dienone is 1. The van der Waals surface area contributed by atoms with Gasteiger partial charge in [0.2, 0.25) is 0 Å². The van der Waals surface area contributed by atoms with E-state index >= 15 is 0 Å². The van der Waals surface area contributed by atoms with Crippen LogP contribution in [0.15, 0.2) is 12.2 Å². The lowest BCUT2D eigenvalue weighted by Gasteiger charge is -2.47. The van der Waals surface area contributed by atoms with E-state index in [9.17, 15) is 31.4 Å². The van der Waals surface area contributed by atoms with Gasteiger partial charge in [0.15, 0.2) is 0 Å². The number of aliphatic hydroxyl groups is 1. The van der Waals surface area contributed by atoms with E-state index in [1.807, 2.05) is 20.8 Å². The minimum Gasteiger partial charge on any atom is -0.374 e. The fourth-order valence-corrected chi connectivity index (χ4v) is 5.72. The highest BCUT2D eigenvalue weighted by molar-refractivity contribution is 5.21. The molecule has 1 N–H and O–H groups in total. The third kappa shape index (κ3) is 3.84. The van der Waals surface area contributed by atoms with Crippen LogP contribution in [0.2, 0.25) is 0 Å². The standard InChI is InChI=1S/C21H32F6O/c1-11(17(2,3)4)15-14-9-12(16(15)18(5,6)7)8-13(14)10-19(28,20(22,23)24)21(25,26)27/h12-16,28H,1,8-10H2,2-7H3. The maximum Gasteiger partial charge on any atom is 0.426 e. The van der Waals surface area contributed by atoms with Gasteiger partial charge in [-0.05, 0) is 59.7 Å². The molecule has 0 aliphatic heterocycles. The lowest BCUT2D eigenvalue weighted by molar-refractivity contribution is -0.373. The molecule has 0 aromatic heterocycles. The lowest BCUT2D eigenvalue weighted by atomic mass is 9.58. The summed E-state index contributed by atoms with van der Waals surface area (Å²) in [5.74, 6) is -1.09. The molecular formula is C21H32F6O. The molecule has 0 amide bonds. The monoisotopic (exact) mass is 414 g/mol. The normalized spacial score (nSPS) is 32.1. The van der Waals surface area contributed by atoms with Gasteiger partial charge < -0.3 is 5.11 Å². The van der Waals surface area contributed by atoms with E-state index < -0.39 is 30.3 Å². The zero-order valence-electron chi connectivity index (χ0n) is 17.4. The predicted octanol–water partition coefficient (Wildman–Crippen LogP) is 6.77. The Morgan fingerprint density at radius 2 is 1.36 bits per heavy atom. The van der Waals surface area contributed by atoms with E-state index in [0.29, 0.717) is 6.42 Å². The Hall–Kier alpha value is -0.720. The second kappa shape index (κ2) is 6.64. The van der Waals surface area contributed by atoms with E-state index in [1.165, 1.54) is 0 Å². The molecule has 28 heavy (non-hydrogen) atoms. The number of rotatable bonds is 3. The molecule has 0 aromatic carbocycles. The molecule has 2 bridgehead atoms. The summed E-state index contributed by atoms with van der Waals surface area (Å²) >= 11 is 0. The minimum atomic E-state index is -5.76. The lowest BCUT2D eigenvalue weighted by Crippen LogP contribution is -2.58. The van der Waals surface area contributed by atoms with Gasteiger partial charge in [-0.1, -0.05) is 53.7 Å². The van der Waals surface area contributed by atoms with Gasteiger partial charge in [0.1, 0.15) is 0 Å². The molecule has 0 saturated heterocycles. The van der Waals surface area contributed by atoms with Crippen molar-refractivity contribution in [3.8, 4) is 0 Å². The van der Waals surface area contributed by atoms with Crippen molar-refractivity contribution in [2.45, 2.75) is 78.8 Å². The number of fused-ring (bicyclic) bond motifs is 2. The largest absolute Gasteiger partial charge is 0.426 e. The van der Waals surface area contributed by atoms with Gasteiger partial charge in [-0.25, -0.2) is 0 Å². The molecule has 2 aliphatic carbocycles. The first-order valence-corrected chi connectivity index (χ1v) is 9.77. The van der Waals surface area contributed by atoms with E-state index in [4.69, 9.17) is 0 Å². The van der Waals surface area contributed by atoms with Gasteiger partial charge in [0.05, 0.1) is 0 Å². The summed E-state index contributed by atoms with van der Waals surface area (Å²) in [6.45, 7) is 16.3. The van der Waals surface area contributed by atoms with Crippen molar-refractivity contribution in [2.24, 2.45) is 40.4 Å². The first-order chi connectivity index (χ1) is 12.2. The first kappa shape index (κ1) is 23.6. The van der Waals surface area contributed by atoms with Crippen LogP contribution >= 0.6 is 0 Å². The summed E-state index contributed by atoms with van der Waals surface area (Å²) in [7, 11) is 0.